The van der Waals surface area contributed by atoms with E-state index in [-0.39, 0.29) is 33.3 Å². The van der Waals surface area contributed by atoms with Crippen molar-refractivity contribution in [3.8, 4) is 0 Å². The number of methoxy groups -OCH3 is 1. The van der Waals surface area contributed by atoms with Gasteiger partial charge in [0.05, 0.1) is 23.4 Å². The molecule has 7 heteroatoms. The molecule has 0 spiro atoms. The normalized spacial score (nSPS) is 10.3. The third kappa shape index (κ3) is 3.65. The van der Waals surface area contributed by atoms with Gasteiger partial charge in [0, 0.05) is 11.3 Å². The number of anilines is 2. The zero-order valence-electron chi connectivity index (χ0n) is 12.2. The first kappa shape index (κ1) is 16.9. The molecule has 1 N–H and O–H groups in total. The Labute approximate surface area is 136 Å². The van der Waals surface area contributed by atoms with Crippen molar-refractivity contribution in [2.24, 2.45) is 0 Å². The third-order valence-corrected chi connectivity index (χ3v) is 3.39. The van der Waals surface area contributed by atoms with Crippen molar-refractivity contribution in [1.82, 2.24) is 0 Å². The van der Waals surface area contributed by atoms with E-state index in [0.717, 1.165) is 25.3 Å². The summed E-state index contributed by atoms with van der Waals surface area (Å²) in [6.45, 7) is 1.28. The number of carbonyl (C=O) groups excluding carboxylic acids is 2. The largest absolute Gasteiger partial charge is 0.465 e. The van der Waals surface area contributed by atoms with Crippen molar-refractivity contribution in [2.75, 3.05) is 12.4 Å². The van der Waals surface area contributed by atoms with E-state index in [9.17, 15) is 18.4 Å². The van der Waals surface area contributed by atoms with Crippen LogP contribution in [0.3, 0.4) is 0 Å². The van der Waals surface area contributed by atoms with Crippen LogP contribution in [0.2, 0.25) is 5.02 Å². The van der Waals surface area contributed by atoms with Crippen molar-refractivity contribution in [3.05, 3.63) is 58.1 Å². The van der Waals surface area contributed by atoms with Crippen molar-refractivity contribution < 1.29 is 23.1 Å². The topological polar surface area (TPSA) is 55.4 Å². The first-order valence-corrected chi connectivity index (χ1v) is 6.86. The molecule has 120 valence electrons. The molecule has 0 fully saturated rings. The number of carbonyl (C=O) groups is 2. The minimum atomic E-state index is -0.788. The predicted molar refractivity (Wildman–Crippen MR) is 82.4 cm³/mol. The van der Waals surface area contributed by atoms with E-state index in [4.69, 9.17) is 11.6 Å². The summed E-state index contributed by atoms with van der Waals surface area (Å²) in [6, 6.07) is 5.67. The van der Waals surface area contributed by atoms with E-state index in [1.54, 1.807) is 0 Å². The monoisotopic (exact) mass is 339 g/mol. The zero-order chi connectivity index (χ0) is 17.1. The molecule has 4 nitrogen and oxygen atoms in total. The molecule has 0 aliphatic rings. The van der Waals surface area contributed by atoms with Crippen LogP contribution in [0.15, 0.2) is 30.3 Å². The van der Waals surface area contributed by atoms with Crippen molar-refractivity contribution in [1.29, 1.82) is 0 Å². The first-order valence-electron chi connectivity index (χ1n) is 6.48. The lowest BCUT2D eigenvalue weighted by molar-refractivity contribution is 0.0601. The lowest BCUT2D eigenvalue weighted by Gasteiger charge is -2.14. The van der Waals surface area contributed by atoms with Crippen LogP contribution in [0, 0.1) is 11.6 Å². The number of hydrogen-bond donors (Lipinski definition) is 1. The van der Waals surface area contributed by atoms with Gasteiger partial charge in [0.2, 0.25) is 0 Å². The van der Waals surface area contributed by atoms with Gasteiger partial charge in [-0.3, -0.25) is 4.79 Å². The molecule has 0 aromatic heterocycles. The molecule has 0 saturated carbocycles. The summed E-state index contributed by atoms with van der Waals surface area (Å²) < 4.78 is 31.5. The maximum atomic E-state index is 13.6. The molecule has 0 radical (unpaired) electrons. The van der Waals surface area contributed by atoms with E-state index >= 15 is 0 Å². The molecule has 0 aliphatic carbocycles. The standard InChI is InChI=1S/C16H12ClF2NO3/c1-8(21)10-5-9(18)3-4-14(10)20-15-7-12(17)13(19)6-11(15)16(22)23-2/h3-7,20H,1-2H3. The molecular weight excluding hydrogens is 328 g/mol. The highest BCUT2D eigenvalue weighted by molar-refractivity contribution is 6.31. The Kier molecular flexibility index (Phi) is 4.95. The molecule has 0 saturated heterocycles. The van der Waals surface area contributed by atoms with E-state index < -0.39 is 17.6 Å². The highest BCUT2D eigenvalue weighted by Crippen LogP contribution is 2.29. The van der Waals surface area contributed by atoms with Gasteiger partial charge in [-0.15, -0.1) is 0 Å². The van der Waals surface area contributed by atoms with Crippen molar-refractivity contribution in [3.63, 3.8) is 0 Å². The van der Waals surface area contributed by atoms with E-state index in [1.807, 2.05) is 0 Å². The van der Waals surface area contributed by atoms with Crippen LogP contribution in [-0.2, 0) is 4.74 Å². The molecule has 2 aromatic rings. The lowest BCUT2D eigenvalue weighted by Crippen LogP contribution is -2.08. The Morgan fingerprint density at radius 3 is 2.39 bits per heavy atom. The maximum absolute atomic E-state index is 13.6. The minimum absolute atomic E-state index is 0.0845. The highest BCUT2D eigenvalue weighted by atomic mass is 35.5. The Morgan fingerprint density at radius 1 is 1.09 bits per heavy atom. The first-order chi connectivity index (χ1) is 10.8. The SMILES string of the molecule is COC(=O)c1cc(F)c(Cl)cc1Nc1ccc(F)cc1C(C)=O. The van der Waals surface area contributed by atoms with Gasteiger partial charge in [-0.2, -0.15) is 0 Å². The molecule has 23 heavy (non-hydrogen) atoms. The highest BCUT2D eigenvalue weighted by Gasteiger charge is 2.18. The summed E-state index contributed by atoms with van der Waals surface area (Å²) in [6.07, 6.45) is 0. The number of ether oxygens (including phenoxy) is 1. The average molecular weight is 340 g/mol. The molecular formula is C16H12ClF2NO3. The fraction of sp³-hybridized carbons (Fsp3) is 0.125. The summed E-state index contributed by atoms with van der Waals surface area (Å²) in [7, 11) is 1.15. The Bertz CT molecular complexity index is 793. The number of nitrogens with one attached hydrogen (secondary N) is 1. The fourth-order valence-corrected chi connectivity index (χ4v) is 2.15. The van der Waals surface area contributed by atoms with Gasteiger partial charge < -0.3 is 10.1 Å². The predicted octanol–water partition coefficient (Wildman–Crippen LogP) is 4.35. The number of Topliss-reactive ketones (excluding diaryl/α,β-unsaturated/α-hetero) is 1. The quantitative estimate of drug-likeness (QED) is 0.664. The number of benzene rings is 2. The van der Waals surface area contributed by atoms with E-state index in [1.165, 1.54) is 19.1 Å². The van der Waals surface area contributed by atoms with Crippen LogP contribution in [0.4, 0.5) is 20.2 Å². The van der Waals surface area contributed by atoms with E-state index in [2.05, 4.69) is 10.1 Å². The zero-order valence-corrected chi connectivity index (χ0v) is 13.0. The van der Waals surface area contributed by atoms with Gasteiger partial charge in [-0.05, 0) is 37.3 Å². The lowest BCUT2D eigenvalue weighted by atomic mass is 10.1. The summed E-state index contributed by atoms with van der Waals surface area (Å²) in [4.78, 5) is 23.4. The fourth-order valence-electron chi connectivity index (χ4n) is 1.99. The molecule has 2 aromatic carbocycles. The summed E-state index contributed by atoms with van der Waals surface area (Å²) in [5, 5.41) is 2.58. The Morgan fingerprint density at radius 2 is 1.78 bits per heavy atom. The Hall–Kier alpha value is -2.47. The van der Waals surface area contributed by atoms with Gasteiger partial charge in [-0.1, -0.05) is 11.6 Å². The van der Waals surface area contributed by atoms with E-state index in [0.29, 0.717) is 0 Å². The second-order valence-electron chi connectivity index (χ2n) is 4.67. The van der Waals surface area contributed by atoms with Gasteiger partial charge in [-0.25, -0.2) is 13.6 Å². The summed E-state index contributed by atoms with van der Waals surface area (Å²) >= 11 is 5.73. The van der Waals surface area contributed by atoms with Gasteiger partial charge in [0.1, 0.15) is 11.6 Å². The molecule has 2 rings (SSSR count). The molecule has 0 unspecified atom stereocenters. The van der Waals surface area contributed by atoms with Crippen LogP contribution < -0.4 is 5.32 Å². The maximum Gasteiger partial charge on any atom is 0.340 e. The number of halogens is 3. The summed E-state index contributed by atoms with van der Waals surface area (Å²) in [5.41, 5.74) is 0.374. The average Bonchev–Trinajstić information content (AvgIpc) is 2.51. The second-order valence-corrected chi connectivity index (χ2v) is 5.08. The number of hydrogen-bond acceptors (Lipinski definition) is 4. The van der Waals surface area contributed by atoms with Gasteiger partial charge in [0.25, 0.3) is 0 Å². The Balaban J connectivity index is 2.54. The molecule has 0 atom stereocenters. The molecule has 0 bridgehead atoms. The number of esters is 1. The van der Waals surface area contributed by atoms with Crippen LogP contribution >= 0.6 is 11.6 Å². The van der Waals surface area contributed by atoms with Gasteiger partial charge in [0.15, 0.2) is 5.78 Å². The van der Waals surface area contributed by atoms with Crippen molar-refractivity contribution in [2.45, 2.75) is 6.92 Å². The summed E-state index contributed by atoms with van der Waals surface area (Å²) in [5.74, 6) is -2.52. The number of rotatable bonds is 4. The van der Waals surface area contributed by atoms with Crippen molar-refractivity contribution >= 4 is 34.7 Å². The smallest absolute Gasteiger partial charge is 0.340 e. The van der Waals surface area contributed by atoms with Crippen LogP contribution in [0.25, 0.3) is 0 Å². The third-order valence-electron chi connectivity index (χ3n) is 3.10. The van der Waals surface area contributed by atoms with Crippen LogP contribution in [-0.4, -0.2) is 18.9 Å². The van der Waals surface area contributed by atoms with Gasteiger partial charge >= 0.3 is 5.97 Å². The van der Waals surface area contributed by atoms with Crippen LogP contribution in [0.5, 0.6) is 0 Å². The molecule has 0 amide bonds. The minimum Gasteiger partial charge on any atom is -0.465 e. The number of ketones is 1. The molecule has 0 aliphatic heterocycles. The van der Waals surface area contributed by atoms with Crippen LogP contribution in [0.1, 0.15) is 27.6 Å². The second kappa shape index (κ2) is 6.75. The molecule has 0 heterocycles.